The lowest BCUT2D eigenvalue weighted by Gasteiger charge is -2.14. The largest absolute Gasteiger partial charge is 0.507 e. The summed E-state index contributed by atoms with van der Waals surface area (Å²) in [6.07, 6.45) is -4.37. The zero-order valence-electron chi connectivity index (χ0n) is 11.8. The first-order chi connectivity index (χ1) is 9.79. The fraction of sp³-hybridized carbons (Fsp3) is 0.250. The van der Waals surface area contributed by atoms with Crippen molar-refractivity contribution in [3.05, 3.63) is 58.7 Å². The van der Waals surface area contributed by atoms with Gasteiger partial charge in [-0.25, -0.2) is 0 Å². The molecule has 2 aromatic rings. The van der Waals surface area contributed by atoms with Gasteiger partial charge in [0.05, 0.1) is 5.56 Å². The number of hydrogen-bond donors (Lipinski definition) is 2. The molecule has 2 aromatic carbocycles. The van der Waals surface area contributed by atoms with E-state index in [1.807, 2.05) is 0 Å². The molecule has 0 fully saturated rings. The van der Waals surface area contributed by atoms with E-state index >= 15 is 0 Å². The third kappa shape index (κ3) is 3.48. The summed E-state index contributed by atoms with van der Waals surface area (Å²) in [6.45, 7) is 3.46. The number of anilines is 1. The molecule has 0 unspecified atom stereocenters. The molecule has 0 atom stereocenters. The number of phenols is 1. The minimum Gasteiger partial charge on any atom is -0.507 e. The van der Waals surface area contributed by atoms with Crippen LogP contribution in [-0.2, 0) is 12.7 Å². The summed E-state index contributed by atoms with van der Waals surface area (Å²) in [7, 11) is 0. The summed E-state index contributed by atoms with van der Waals surface area (Å²) in [4.78, 5) is 0. The van der Waals surface area contributed by atoms with Crippen molar-refractivity contribution in [2.24, 2.45) is 0 Å². The van der Waals surface area contributed by atoms with Crippen LogP contribution in [0.25, 0.3) is 0 Å². The highest BCUT2D eigenvalue weighted by Gasteiger charge is 2.32. The first kappa shape index (κ1) is 15.2. The quantitative estimate of drug-likeness (QED) is 0.864. The van der Waals surface area contributed by atoms with E-state index in [1.165, 1.54) is 13.0 Å². The van der Waals surface area contributed by atoms with Crippen molar-refractivity contribution in [2.75, 3.05) is 5.32 Å². The second kappa shape index (κ2) is 5.68. The van der Waals surface area contributed by atoms with Gasteiger partial charge in [0, 0.05) is 17.8 Å². The highest BCUT2D eigenvalue weighted by molar-refractivity contribution is 5.51. The van der Waals surface area contributed by atoms with Crippen LogP contribution in [0.3, 0.4) is 0 Å². The Hall–Kier alpha value is -2.17. The summed E-state index contributed by atoms with van der Waals surface area (Å²) in [5.74, 6) is 0.160. The summed E-state index contributed by atoms with van der Waals surface area (Å²) in [5, 5.41) is 12.8. The number of benzene rings is 2. The number of aryl methyl sites for hydroxylation is 2. The molecule has 0 radical (unpaired) electrons. The summed E-state index contributed by atoms with van der Waals surface area (Å²) < 4.78 is 38.5. The van der Waals surface area contributed by atoms with Gasteiger partial charge in [0.2, 0.25) is 0 Å². The molecule has 0 aliphatic carbocycles. The van der Waals surface area contributed by atoms with Gasteiger partial charge in [-0.2, -0.15) is 13.2 Å². The molecule has 0 aliphatic heterocycles. The van der Waals surface area contributed by atoms with Gasteiger partial charge in [0.15, 0.2) is 0 Å². The molecule has 2 N–H and O–H groups in total. The highest BCUT2D eigenvalue weighted by Crippen LogP contribution is 2.33. The van der Waals surface area contributed by atoms with Crippen LogP contribution in [0.4, 0.5) is 18.9 Å². The van der Waals surface area contributed by atoms with Crippen molar-refractivity contribution in [1.29, 1.82) is 0 Å². The van der Waals surface area contributed by atoms with Gasteiger partial charge in [-0.15, -0.1) is 0 Å². The van der Waals surface area contributed by atoms with Crippen molar-refractivity contribution in [1.82, 2.24) is 0 Å². The Morgan fingerprint density at radius 2 is 1.76 bits per heavy atom. The molecule has 112 valence electrons. The first-order valence-corrected chi connectivity index (χ1v) is 6.48. The molecule has 21 heavy (non-hydrogen) atoms. The van der Waals surface area contributed by atoms with Gasteiger partial charge in [0.1, 0.15) is 5.75 Å². The number of nitrogens with one attached hydrogen (secondary N) is 1. The number of halogens is 3. The van der Waals surface area contributed by atoms with Gasteiger partial charge in [-0.05, 0) is 37.1 Å². The molecule has 0 aromatic heterocycles. The lowest BCUT2D eigenvalue weighted by Crippen LogP contribution is -2.09. The maximum Gasteiger partial charge on any atom is 0.416 e. The third-order valence-electron chi connectivity index (χ3n) is 3.35. The molecule has 0 heterocycles. The van der Waals surface area contributed by atoms with Gasteiger partial charge in [-0.1, -0.05) is 24.3 Å². The second-order valence-electron chi connectivity index (χ2n) is 4.96. The van der Waals surface area contributed by atoms with E-state index in [2.05, 4.69) is 5.32 Å². The Labute approximate surface area is 121 Å². The number of hydrogen-bond acceptors (Lipinski definition) is 2. The van der Waals surface area contributed by atoms with Crippen molar-refractivity contribution in [3.63, 3.8) is 0 Å². The monoisotopic (exact) mass is 295 g/mol. The van der Waals surface area contributed by atoms with Crippen LogP contribution in [0.15, 0.2) is 36.4 Å². The summed E-state index contributed by atoms with van der Waals surface area (Å²) in [5.41, 5.74) is 1.28. The topological polar surface area (TPSA) is 32.3 Å². The first-order valence-electron chi connectivity index (χ1n) is 6.48. The molecular formula is C16H16F3NO. The van der Waals surface area contributed by atoms with Crippen LogP contribution in [0.2, 0.25) is 0 Å². The van der Waals surface area contributed by atoms with E-state index in [-0.39, 0.29) is 17.9 Å². The van der Waals surface area contributed by atoms with E-state index in [0.717, 1.165) is 11.6 Å². The standard InChI is InChI=1S/C16H16F3NO/c1-10-6-7-13(8-14(10)16(17,18)19)20-9-12-5-3-4-11(2)15(12)21/h3-8,20-21H,9H2,1-2H3. The molecule has 0 spiro atoms. The lowest BCUT2D eigenvalue weighted by molar-refractivity contribution is -0.138. The molecule has 0 amide bonds. The summed E-state index contributed by atoms with van der Waals surface area (Å²) in [6, 6.07) is 9.41. The van der Waals surface area contributed by atoms with Crippen molar-refractivity contribution in [2.45, 2.75) is 26.6 Å². The van der Waals surface area contributed by atoms with Gasteiger partial charge >= 0.3 is 6.18 Å². The molecule has 5 heteroatoms. The number of para-hydroxylation sites is 1. The third-order valence-corrected chi connectivity index (χ3v) is 3.35. The second-order valence-corrected chi connectivity index (χ2v) is 4.96. The predicted octanol–water partition coefficient (Wildman–Crippen LogP) is 4.64. The average molecular weight is 295 g/mol. The van der Waals surface area contributed by atoms with Crippen LogP contribution in [0.5, 0.6) is 5.75 Å². The number of phenolic OH excluding ortho intramolecular Hbond substituents is 1. The van der Waals surface area contributed by atoms with Crippen molar-refractivity contribution < 1.29 is 18.3 Å². The van der Waals surface area contributed by atoms with Crippen LogP contribution >= 0.6 is 0 Å². The van der Waals surface area contributed by atoms with Crippen LogP contribution in [-0.4, -0.2) is 5.11 Å². The van der Waals surface area contributed by atoms with Gasteiger partial charge in [0.25, 0.3) is 0 Å². The van der Waals surface area contributed by atoms with E-state index in [4.69, 9.17) is 0 Å². The van der Waals surface area contributed by atoms with Gasteiger partial charge < -0.3 is 10.4 Å². The minimum atomic E-state index is -4.37. The Kier molecular flexibility index (Phi) is 4.11. The lowest BCUT2D eigenvalue weighted by atomic mass is 10.1. The zero-order valence-corrected chi connectivity index (χ0v) is 11.8. The molecule has 0 bridgehead atoms. The maximum atomic E-state index is 12.8. The van der Waals surface area contributed by atoms with Crippen LogP contribution in [0, 0.1) is 13.8 Å². The van der Waals surface area contributed by atoms with Gasteiger partial charge in [-0.3, -0.25) is 0 Å². The summed E-state index contributed by atoms with van der Waals surface area (Å²) >= 11 is 0. The minimum absolute atomic E-state index is 0.160. The Morgan fingerprint density at radius 1 is 1.05 bits per heavy atom. The zero-order chi connectivity index (χ0) is 15.6. The van der Waals surface area contributed by atoms with Crippen LogP contribution in [0.1, 0.15) is 22.3 Å². The number of rotatable bonds is 3. The highest BCUT2D eigenvalue weighted by atomic mass is 19.4. The molecule has 2 nitrogen and oxygen atoms in total. The fourth-order valence-corrected chi connectivity index (χ4v) is 2.10. The van der Waals surface area contributed by atoms with Crippen molar-refractivity contribution in [3.8, 4) is 5.75 Å². The predicted molar refractivity (Wildman–Crippen MR) is 76.4 cm³/mol. The van der Waals surface area contributed by atoms with E-state index < -0.39 is 11.7 Å². The fourth-order valence-electron chi connectivity index (χ4n) is 2.10. The SMILES string of the molecule is Cc1ccc(NCc2cccc(C)c2O)cc1C(F)(F)F. The molecule has 0 saturated carbocycles. The molecular weight excluding hydrogens is 279 g/mol. The molecule has 0 aliphatic rings. The Bertz CT molecular complexity index is 650. The molecule has 0 saturated heterocycles. The average Bonchev–Trinajstić information content (AvgIpc) is 2.40. The van der Waals surface area contributed by atoms with Crippen molar-refractivity contribution >= 4 is 5.69 Å². The molecule has 2 rings (SSSR count). The smallest absolute Gasteiger partial charge is 0.416 e. The van der Waals surface area contributed by atoms with E-state index in [0.29, 0.717) is 11.3 Å². The van der Waals surface area contributed by atoms with E-state index in [9.17, 15) is 18.3 Å². The van der Waals surface area contributed by atoms with Crippen LogP contribution < -0.4 is 5.32 Å². The Morgan fingerprint density at radius 3 is 2.43 bits per heavy atom. The number of alkyl halides is 3. The number of aromatic hydroxyl groups is 1. The maximum absolute atomic E-state index is 12.8. The Balaban J connectivity index is 2.19. The normalized spacial score (nSPS) is 11.5. The van der Waals surface area contributed by atoms with E-state index in [1.54, 1.807) is 31.2 Å².